The van der Waals surface area contributed by atoms with Crippen LogP contribution in [-0.2, 0) is 0 Å². The number of hydrogen-bond donors (Lipinski definition) is 1. The molecule has 5 heteroatoms. The number of halogens is 1. The van der Waals surface area contributed by atoms with Crippen LogP contribution < -0.4 is 10.1 Å². The van der Waals surface area contributed by atoms with E-state index in [1.807, 2.05) is 27.7 Å². The number of carbonyl (C=O) groups is 1. The molecular weight excluding hydrogens is 259 g/mol. The average Bonchev–Trinajstić information content (AvgIpc) is 2.38. The quantitative estimate of drug-likeness (QED) is 0.900. The van der Waals surface area contributed by atoms with Crippen LogP contribution >= 0.6 is 0 Å². The predicted octanol–water partition coefficient (Wildman–Crippen LogP) is 3.25. The van der Waals surface area contributed by atoms with Crippen LogP contribution in [0.5, 0.6) is 5.75 Å². The Kier molecular flexibility index (Phi) is 5.67. The molecule has 0 fully saturated rings. The minimum absolute atomic E-state index is 0.183. The fourth-order valence-corrected chi connectivity index (χ4v) is 1.39. The monoisotopic (exact) mass is 280 g/mol. The van der Waals surface area contributed by atoms with Crippen molar-refractivity contribution >= 4 is 5.91 Å². The second-order valence-electron chi connectivity index (χ2n) is 5.49. The van der Waals surface area contributed by atoms with Crippen LogP contribution in [0.1, 0.15) is 44.6 Å². The van der Waals surface area contributed by atoms with E-state index in [1.165, 1.54) is 6.20 Å². The molecule has 1 aromatic heterocycles. The molecule has 0 radical (unpaired) electrons. The molecule has 0 aliphatic heterocycles. The highest BCUT2D eigenvalue weighted by Gasteiger charge is 2.16. The molecule has 0 saturated carbocycles. The van der Waals surface area contributed by atoms with Crippen LogP contribution in [0.4, 0.5) is 4.39 Å². The van der Waals surface area contributed by atoms with Crippen molar-refractivity contribution in [2.75, 3.05) is 6.61 Å². The Bertz CT molecular complexity index is 476. The van der Waals surface area contributed by atoms with Gasteiger partial charge in [0, 0.05) is 5.54 Å². The van der Waals surface area contributed by atoms with E-state index in [0.29, 0.717) is 29.8 Å². The van der Waals surface area contributed by atoms with Gasteiger partial charge < -0.3 is 10.1 Å². The smallest absolute Gasteiger partial charge is 0.270 e. The standard InChI is InChI=1S/C15H21FN2O2/c1-5-11(8-16)10-20-12-6-7-13(17-9-12)14(19)18-15(2,3)4/h6-9H,5,10H2,1-4H3,(H,18,19)/b11-8+. The minimum Gasteiger partial charge on any atom is -0.488 e. The summed E-state index contributed by atoms with van der Waals surface area (Å²) in [5, 5.41) is 2.82. The van der Waals surface area contributed by atoms with E-state index in [9.17, 15) is 9.18 Å². The third kappa shape index (κ3) is 5.38. The average molecular weight is 280 g/mol. The van der Waals surface area contributed by atoms with Gasteiger partial charge in [0.2, 0.25) is 0 Å². The third-order valence-corrected chi connectivity index (χ3v) is 2.49. The van der Waals surface area contributed by atoms with Crippen molar-refractivity contribution in [3.05, 3.63) is 35.9 Å². The maximum Gasteiger partial charge on any atom is 0.270 e. The number of carbonyl (C=O) groups excluding carboxylic acids is 1. The molecule has 1 heterocycles. The summed E-state index contributed by atoms with van der Waals surface area (Å²) < 4.78 is 17.8. The molecule has 1 N–H and O–H groups in total. The van der Waals surface area contributed by atoms with E-state index < -0.39 is 0 Å². The second kappa shape index (κ2) is 7.03. The highest BCUT2D eigenvalue weighted by molar-refractivity contribution is 5.92. The zero-order valence-electron chi connectivity index (χ0n) is 12.4. The first-order valence-electron chi connectivity index (χ1n) is 6.55. The Morgan fingerprint density at radius 3 is 2.60 bits per heavy atom. The van der Waals surface area contributed by atoms with Gasteiger partial charge in [0.05, 0.1) is 12.5 Å². The van der Waals surface area contributed by atoms with Crippen molar-refractivity contribution in [1.29, 1.82) is 0 Å². The Labute approximate surface area is 119 Å². The van der Waals surface area contributed by atoms with E-state index in [2.05, 4.69) is 10.3 Å². The summed E-state index contributed by atoms with van der Waals surface area (Å²) >= 11 is 0. The molecule has 0 spiro atoms. The first-order chi connectivity index (χ1) is 9.35. The Hall–Kier alpha value is -1.91. The topological polar surface area (TPSA) is 51.2 Å². The molecule has 0 aliphatic rings. The van der Waals surface area contributed by atoms with Gasteiger partial charge in [-0.25, -0.2) is 9.37 Å². The largest absolute Gasteiger partial charge is 0.488 e. The number of ether oxygens (including phenoxy) is 1. The highest BCUT2D eigenvalue weighted by atomic mass is 19.1. The van der Waals surface area contributed by atoms with Gasteiger partial charge in [0.1, 0.15) is 18.1 Å². The molecule has 0 unspecified atom stereocenters. The predicted molar refractivity (Wildman–Crippen MR) is 76.4 cm³/mol. The maximum atomic E-state index is 12.4. The van der Waals surface area contributed by atoms with Gasteiger partial charge in [0.15, 0.2) is 0 Å². The van der Waals surface area contributed by atoms with E-state index in [4.69, 9.17) is 4.74 Å². The molecule has 20 heavy (non-hydrogen) atoms. The molecule has 0 aliphatic carbocycles. The lowest BCUT2D eigenvalue weighted by Crippen LogP contribution is -2.40. The molecule has 0 aromatic carbocycles. The van der Waals surface area contributed by atoms with Crippen LogP contribution in [0.25, 0.3) is 0 Å². The number of rotatable bonds is 5. The summed E-state index contributed by atoms with van der Waals surface area (Å²) in [6.45, 7) is 7.74. The van der Waals surface area contributed by atoms with Crippen molar-refractivity contribution in [3.63, 3.8) is 0 Å². The summed E-state index contributed by atoms with van der Waals surface area (Å²) in [4.78, 5) is 15.9. The molecule has 0 bridgehead atoms. The first kappa shape index (κ1) is 16.1. The minimum atomic E-state index is -0.310. The van der Waals surface area contributed by atoms with Gasteiger partial charge in [-0.1, -0.05) is 6.92 Å². The van der Waals surface area contributed by atoms with E-state index in [0.717, 1.165) is 0 Å². The summed E-state index contributed by atoms with van der Waals surface area (Å²) in [5.41, 5.74) is 0.583. The Morgan fingerprint density at radius 2 is 2.15 bits per heavy atom. The lowest BCUT2D eigenvalue weighted by molar-refractivity contribution is 0.0914. The number of nitrogens with zero attached hydrogens (tertiary/aromatic N) is 1. The number of nitrogens with one attached hydrogen (secondary N) is 1. The van der Waals surface area contributed by atoms with Crippen molar-refractivity contribution < 1.29 is 13.9 Å². The summed E-state index contributed by atoms with van der Waals surface area (Å²) in [7, 11) is 0. The Balaban J connectivity index is 2.63. The van der Waals surface area contributed by atoms with Crippen molar-refractivity contribution in [2.24, 2.45) is 0 Å². The molecule has 0 atom stereocenters. The van der Waals surface area contributed by atoms with E-state index >= 15 is 0 Å². The molecule has 4 nitrogen and oxygen atoms in total. The van der Waals surface area contributed by atoms with Crippen LogP contribution in [0.3, 0.4) is 0 Å². The van der Waals surface area contributed by atoms with Crippen LogP contribution in [0, 0.1) is 0 Å². The molecule has 1 aromatic rings. The van der Waals surface area contributed by atoms with Crippen LogP contribution in [0.2, 0.25) is 0 Å². The molecule has 0 saturated heterocycles. The summed E-state index contributed by atoms with van der Waals surface area (Å²) in [5.74, 6) is 0.270. The summed E-state index contributed by atoms with van der Waals surface area (Å²) in [6, 6.07) is 3.23. The third-order valence-electron chi connectivity index (χ3n) is 2.49. The Morgan fingerprint density at radius 1 is 1.45 bits per heavy atom. The normalized spacial score (nSPS) is 12.2. The molecular formula is C15H21FN2O2. The molecule has 110 valence electrons. The van der Waals surface area contributed by atoms with Crippen molar-refractivity contribution in [3.8, 4) is 5.75 Å². The van der Waals surface area contributed by atoms with Crippen molar-refractivity contribution in [1.82, 2.24) is 10.3 Å². The van der Waals surface area contributed by atoms with Crippen LogP contribution in [-0.4, -0.2) is 23.0 Å². The van der Waals surface area contributed by atoms with Gasteiger partial charge in [-0.2, -0.15) is 0 Å². The van der Waals surface area contributed by atoms with E-state index in [1.54, 1.807) is 12.1 Å². The van der Waals surface area contributed by atoms with Crippen molar-refractivity contribution in [2.45, 2.75) is 39.7 Å². The zero-order valence-corrected chi connectivity index (χ0v) is 12.4. The fourth-order valence-electron chi connectivity index (χ4n) is 1.39. The second-order valence-corrected chi connectivity index (χ2v) is 5.49. The highest BCUT2D eigenvalue weighted by Crippen LogP contribution is 2.12. The SMILES string of the molecule is CC/C(=C\F)COc1ccc(C(=O)NC(C)(C)C)nc1. The first-order valence-corrected chi connectivity index (χ1v) is 6.55. The zero-order chi connectivity index (χ0) is 15.2. The van der Waals surface area contributed by atoms with Gasteiger partial charge in [-0.05, 0) is 44.9 Å². The lowest BCUT2D eigenvalue weighted by atomic mass is 10.1. The summed E-state index contributed by atoms with van der Waals surface area (Å²) in [6.07, 6.45) is 2.61. The lowest BCUT2D eigenvalue weighted by Gasteiger charge is -2.20. The molecule has 1 amide bonds. The fraction of sp³-hybridized carbons (Fsp3) is 0.467. The van der Waals surface area contributed by atoms with Gasteiger partial charge in [-0.3, -0.25) is 4.79 Å². The van der Waals surface area contributed by atoms with Gasteiger partial charge >= 0.3 is 0 Å². The van der Waals surface area contributed by atoms with Gasteiger partial charge in [0.25, 0.3) is 5.91 Å². The number of pyridine rings is 1. The number of aromatic nitrogens is 1. The molecule has 1 rings (SSSR count). The maximum absolute atomic E-state index is 12.4. The number of amides is 1. The van der Waals surface area contributed by atoms with Crippen LogP contribution in [0.15, 0.2) is 30.2 Å². The number of hydrogen-bond acceptors (Lipinski definition) is 3. The van der Waals surface area contributed by atoms with E-state index in [-0.39, 0.29) is 18.1 Å². The van der Waals surface area contributed by atoms with Gasteiger partial charge in [-0.15, -0.1) is 0 Å².